The van der Waals surface area contributed by atoms with Crippen LogP contribution >= 0.6 is 11.6 Å². The highest BCUT2D eigenvalue weighted by Gasteiger charge is 2.27. The van der Waals surface area contributed by atoms with Gasteiger partial charge < -0.3 is 5.11 Å². The summed E-state index contributed by atoms with van der Waals surface area (Å²) in [6, 6.07) is 3.78. The third-order valence-electron chi connectivity index (χ3n) is 2.36. The summed E-state index contributed by atoms with van der Waals surface area (Å²) in [7, 11) is -3.71. The van der Waals surface area contributed by atoms with Gasteiger partial charge in [0.05, 0.1) is 16.3 Å². The molecule has 1 fully saturated rings. The number of carbonyl (C=O) groups is 1. The number of hydrogen-bond donors (Lipinski definition) is 3. The summed E-state index contributed by atoms with van der Waals surface area (Å²) in [6.45, 7) is 0. The van der Waals surface area contributed by atoms with Crippen molar-refractivity contribution in [2.75, 3.05) is 4.72 Å². The van der Waals surface area contributed by atoms with Crippen LogP contribution in [0.15, 0.2) is 18.2 Å². The Hall–Kier alpha value is -1.31. The zero-order valence-electron chi connectivity index (χ0n) is 9.18. The molecule has 3 N–H and O–H groups in total. The molecular weight excluding hydrogens is 280 g/mol. The Morgan fingerprint density at radius 1 is 1.39 bits per heavy atom. The van der Waals surface area contributed by atoms with Crippen molar-refractivity contribution in [1.29, 1.82) is 0 Å². The Kier molecular flexibility index (Phi) is 3.47. The number of rotatable bonds is 5. The molecule has 1 aliphatic rings. The molecule has 18 heavy (non-hydrogen) atoms. The number of halogens is 1. The van der Waals surface area contributed by atoms with E-state index in [9.17, 15) is 13.2 Å². The average molecular weight is 291 g/mol. The number of carboxylic acids is 1. The summed E-state index contributed by atoms with van der Waals surface area (Å²) < 4.78 is 27.9. The molecule has 1 aromatic rings. The van der Waals surface area contributed by atoms with E-state index < -0.39 is 16.2 Å². The van der Waals surface area contributed by atoms with Gasteiger partial charge in [-0.2, -0.15) is 13.1 Å². The standard InChI is InChI=1S/C10H11ClN2O4S/c11-8-4-1-6(10(14)15)5-9(8)13-18(16,17)12-7-2-3-7/h1,4-5,7,12-13H,2-3H2,(H,14,15). The van der Waals surface area contributed by atoms with Gasteiger partial charge in [0.25, 0.3) is 10.2 Å². The van der Waals surface area contributed by atoms with Crippen molar-refractivity contribution in [1.82, 2.24) is 4.72 Å². The highest BCUT2D eigenvalue weighted by Crippen LogP contribution is 2.25. The van der Waals surface area contributed by atoms with E-state index in [2.05, 4.69) is 9.44 Å². The molecular formula is C10H11ClN2O4S. The zero-order chi connectivity index (χ0) is 13.3. The maximum Gasteiger partial charge on any atom is 0.335 e. The first-order valence-corrected chi connectivity index (χ1v) is 7.06. The first-order valence-electron chi connectivity index (χ1n) is 5.20. The van der Waals surface area contributed by atoms with E-state index in [0.29, 0.717) is 0 Å². The second-order valence-electron chi connectivity index (χ2n) is 4.00. The van der Waals surface area contributed by atoms with E-state index in [-0.39, 0.29) is 22.3 Å². The first kappa shape index (κ1) is 13.1. The lowest BCUT2D eigenvalue weighted by molar-refractivity contribution is 0.0697. The van der Waals surface area contributed by atoms with Crippen LogP contribution in [0.3, 0.4) is 0 Å². The Morgan fingerprint density at radius 2 is 2.06 bits per heavy atom. The Balaban J connectivity index is 2.21. The summed E-state index contributed by atoms with van der Waals surface area (Å²) in [4.78, 5) is 10.8. The SMILES string of the molecule is O=C(O)c1ccc(Cl)c(NS(=O)(=O)NC2CC2)c1. The Labute approximate surface area is 109 Å². The molecule has 2 rings (SSSR count). The topological polar surface area (TPSA) is 95.5 Å². The van der Waals surface area contributed by atoms with Crippen LogP contribution in [0, 0.1) is 0 Å². The van der Waals surface area contributed by atoms with Gasteiger partial charge in [-0.15, -0.1) is 0 Å². The van der Waals surface area contributed by atoms with Gasteiger partial charge in [0, 0.05) is 6.04 Å². The van der Waals surface area contributed by atoms with E-state index in [1.807, 2.05) is 0 Å². The normalized spacial score (nSPS) is 15.4. The number of nitrogens with one attached hydrogen (secondary N) is 2. The predicted molar refractivity (Wildman–Crippen MR) is 67.1 cm³/mol. The van der Waals surface area contributed by atoms with Crippen LogP contribution in [0.25, 0.3) is 0 Å². The molecule has 98 valence electrons. The first-order chi connectivity index (χ1) is 8.37. The fourth-order valence-corrected chi connectivity index (χ4v) is 2.74. The lowest BCUT2D eigenvalue weighted by Crippen LogP contribution is -2.31. The van der Waals surface area contributed by atoms with Crippen LogP contribution in [0.2, 0.25) is 5.02 Å². The molecule has 0 saturated heterocycles. The molecule has 0 atom stereocenters. The highest BCUT2D eigenvalue weighted by molar-refractivity contribution is 7.90. The summed E-state index contributed by atoms with van der Waals surface area (Å²) >= 11 is 5.81. The molecule has 0 heterocycles. The Morgan fingerprint density at radius 3 is 2.61 bits per heavy atom. The molecule has 6 nitrogen and oxygen atoms in total. The molecule has 0 radical (unpaired) electrons. The van der Waals surface area contributed by atoms with Crippen LogP contribution in [-0.2, 0) is 10.2 Å². The largest absolute Gasteiger partial charge is 0.478 e. The third kappa shape index (κ3) is 3.34. The number of hydrogen-bond acceptors (Lipinski definition) is 3. The third-order valence-corrected chi connectivity index (χ3v) is 3.82. The molecule has 0 amide bonds. The van der Waals surface area contributed by atoms with Gasteiger partial charge in [-0.1, -0.05) is 11.6 Å². The van der Waals surface area contributed by atoms with Gasteiger partial charge in [-0.05, 0) is 31.0 Å². The second kappa shape index (κ2) is 4.75. The van der Waals surface area contributed by atoms with E-state index in [1.54, 1.807) is 0 Å². The van der Waals surface area contributed by atoms with Gasteiger partial charge in [-0.3, -0.25) is 4.72 Å². The van der Waals surface area contributed by atoms with Crippen LogP contribution < -0.4 is 9.44 Å². The van der Waals surface area contributed by atoms with Crippen molar-refractivity contribution in [3.05, 3.63) is 28.8 Å². The average Bonchev–Trinajstić information content (AvgIpc) is 3.03. The summed E-state index contributed by atoms with van der Waals surface area (Å²) in [6.07, 6.45) is 1.62. The highest BCUT2D eigenvalue weighted by atomic mass is 35.5. The van der Waals surface area contributed by atoms with Crippen molar-refractivity contribution in [3.63, 3.8) is 0 Å². The lowest BCUT2D eigenvalue weighted by atomic mass is 10.2. The molecule has 8 heteroatoms. The molecule has 0 aromatic heterocycles. The van der Waals surface area contributed by atoms with Gasteiger partial charge in [-0.25, -0.2) is 4.79 Å². The quantitative estimate of drug-likeness (QED) is 0.765. The minimum Gasteiger partial charge on any atom is -0.478 e. The predicted octanol–water partition coefficient (Wildman–Crippen LogP) is 1.45. The van der Waals surface area contributed by atoms with Crippen LogP contribution in [0.5, 0.6) is 0 Å². The van der Waals surface area contributed by atoms with E-state index in [4.69, 9.17) is 16.7 Å². The summed E-state index contributed by atoms with van der Waals surface area (Å²) in [5.41, 5.74) is 0.00763. The molecule has 1 aliphatic carbocycles. The monoisotopic (exact) mass is 290 g/mol. The van der Waals surface area contributed by atoms with Gasteiger partial charge in [0.1, 0.15) is 0 Å². The Bertz CT molecular complexity index is 584. The van der Waals surface area contributed by atoms with Crippen LogP contribution in [0.1, 0.15) is 23.2 Å². The molecule has 0 spiro atoms. The zero-order valence-corrected chi connectivity index (χ0v) is 10.8. The molecule has 1 aromatic carbocycles. The second-order valence-corrected chi connectivity index (χ2v) is 5.85. The number of anilines is 1. The van der Waals surface area contributed by atoms with Crippen molar-refractivity contribution in [3.8, 4) is 0 Å². The number of benzene rings is 1. The minimum atomic E-state index is -3.71. The maximum absolute atomic E-state index is 11.7. The van der Waals surface area contributed by atoms with Gasteiger partial charge in [0.2, 0.25) is 0 Å². The van der Waals surface area contributed by atoms with Crippen molar-refractivity contribution < 1.29 is 18.3 Å². The van der Waals surface area contributed by atoms with E-state index in [1.165, 1.54) is 18.2 Å². The summed E-state index contributed by atoms with van der Waals surface area (Å²) in [5, 5.41) is 8.96. The summed E-state index contributed by atoms with van der Waals surface area (Å²) in [5.74, 6) is -1.15. The van der Waals surface area contributed by atoms with E-state index >= 15 is 0 Å². The van der Waals surface area contributed by atoms with Gasteiger partial charge >= 0.3 is 5.97 Å². The fraction of sp³-hybridized carbons (Fsp3) is 0.300. The molecule has 0 unspecified atom stereocenters. The van der Waals surface area contributed by atoms with E-state index in [0.717, 1.165) is 12.8 Å². The van der Waals surface area contributed by atoms with Crippen molar-refractivity contribution in [2.24, 2.45) is 0 Å². The lowest BCUT2D eigenvalue weighted by Gasteiger charge is -2.10. The maximum atomic E-state index is 11.7. The molecule has 0 bridgehead atoms. The fourth-order valence-electron chi connectivity index (χ4n) is 1.33. The minimum absolute atomic E-state index is 0.0380. The number of carboxylic acid groups (broad SMARTS) is 1. The van der Waals surface area contributed by atoms with Crippen LogP contribution in [0.4, 0.5) is 5.69 Å². The smallest absolute Gasteiger partial charge is 0.335 e. The van der Waals surface area contributed by atoms with Crippen molar-refractivity contribution >= 4 is 33.5 Å². The number of aromatic carboxylic acids is 1. The van der Waals surface area contributed by atoms with Gasteiger partial charge in [0.15, 0.2) is 0 Å². The molecule has 1 saturated carbocycles. The van der Waals surface area contributed by atoms with Crippen LogP contribution in [-0.4, -0.2) is 25.5 Å². The molecule has 0 aliphatic heterocycles. The van der Waals surface area contributed by atoms with Crippen molar-refractivity contribution in [2.45, 2.75) is 18.9 Å².